The van der Waals surface area contributed by atoms with E-state index in [1.807, 2.05) is 0 Å². The van der Waals surface area contributed by atoms with Crippen LogP contribution < -0.4 is 15.2 Å². The number of benzene rings is 2. The van der Waals surface area contributed by atoms with Crippen LogP contribution in [-0.4, -0.2) is 53.1 Å². The molecule has 0 spiro atoms. The smallest absolute Gasteiger partial charge is 0.328 e. The van der Waals surface area contributed by atoms with Crippen molar-refractivity contribution in [2.45, 2.75) is 12.6 Å². The number of rotatable bonds is 5. The first-order valence-corrected chi connectivity index (χ1v) is 12.1. The maximum atomic E-state index is 13.0. The second-order valence-electron chi connectivity index (χ2n) is 8.68. The summed E-state index contributed by atoms with van der Waals surface area (Å²) in [7, 11) is 2.06. The lowest BCUT2D eigenvalue weighted by molar-refractivity contribution is -0.337. The van der Waals surface area contributed by atoms with Gasteiger partial charge in [0.05, 0.1) is 18.7 Å². The SMILES string of the molecule is CN1CCN(c2nc(Nc3ccc(C(F)(F)F)cc3)c3[nH]c(Cc4c(Cl)cccc4Cl)nc3[nH+]2)CC1. The van der Waals surface area contributed by atoms with Gasteiger partial charge >= 0.3 is 12.1 Å². The topological polar surface area (TPSA) is 74.2 Å². The minimum Gasteiger partial charge on any atom is -0.328 e. The second-order valence-corrected chi connectivity index (χ2v) is 9.50. The molecular weight excluding hydrogens is 514 g/mol. The maximum Gasteiger partial charge on any atom is 0.416 e. The van der Waals surface area contributed by atoms with Crippen molar-refractivity contribution in [2.24, 2.45) is 0 Å². The van der Waals surface area contributed by atoms with Gasteiger partial charge in [-0.1, -0.05) is 34.3 Å². The Balaban J connectivity index is 1.53. The number of halogens is 5. The number of fused-ring (bicyclic) bond motifs is 1. The average molecular weight is 537 g/mol. The van der Waals surface area contributed by atoms with E-state index in [1.165, 1.54) is 12.1 Å². The number of imidazole rings is 1. The third-order valence-electron chi connectivity index (χ3n) is 6.12. The highest BCUT2D eigenvalue weighted by atomic mass is 35.5. The Labute approximate surface area is 215 Å². The number of aromatic nitrogens is 4. The minimum absolute atomic E-state index is 0.366. The van der Waals surface area contributed by atoms with Gasteiger partial charge in [-0.3, -0.25) is 4.90 Å². The summed E-state index contributed by atoms with van der Waals surface area (Å²) in [6.07, 6.45) is -4.04. The van der Waals surface area contributed by atoms with Crippen molar-refractivity contribution in [3.05, 3.63) is 69.5 Å². The minimum atomic E-state index is -4.40. The molecule has 0 radical (unpaired) electrons. The average Bonchev–Trinajstić information content (AvgIpc) is 3.25. The van der Waals surface area contributed by atoms with Crippen LogP contribution in [0.2, 0.25) is 10.0 Å². The van der Waals surface area contributed by atoms with Crippen LogP contribution in [0, 0.1) is 0 Å². The molecule has 1 aliphatic rings. The molecular formula is C24H23Cl2F3N7+. The molecule has 12 heteroatoms. The first-order valence-electron chi connectivity index (χ1n) is 11.3. The van der Waals surface area contributed by atoms with E-state index in [-0.39, 0.29) is 0 Å². The molecule has 3 heterocycles. The van der Waals surface area contributed by atoms with E-state index in [9.17, 15) is 13.2 Å². The van der Waals surface area contributed by atoms with Gasteiger partial charge in [-0.2, -0.15) is 13.2 Å². The van der Waals surface area contributed by atoms with Crippen molar-refractivity contribution in [1.82, 2.24) is 19.9 Å². The molecule has 5 rings (SSSR count). The van der Waals surface area contributed by atoms with Gasteiger partial charge in [-0.15, -0.1) is 4.98 Å². The van der Waals surface area contributed by atoms with Gasteiger partial charge in [0.1, 0.15) is 0 Å². The second kappa shape index (κ2) is 9.76. The summed E-state index contributed by atoms with van der Waals surface area (Å²) in [5.74, 6) is 1.68. The number of aromatic amines is 2. The fraction of sp³-hybridized carbons (Fsp3) is 0.292. The zero-order valence-corrected chi connectivity index (χ0v) is 20.8. The molecule has 0 aliphatic carbocycles. The molecule has 0 unspecified atom stereocenters. The lowest BCUT2D eigenvalue weighted by Crippen LogP contribution is -2.46. The summed E-state index contributed by atoms with van der Waals surface area (Å²) in [5, 5.41) is 4.22. The molecule has 2 aromatic heterocycles. The molecule has 0 saturated carbocycles. The first-order chi connectivity index (χ1) is 17.2. The normalized spacial score (nSPS) is 15.0. The van der Waals surface area contributed by atoms with Crippen LogP contribution in [0.1, 0.15) is 17.0 Å². The third-order valence-corrected chi connectivity index (χ3v) is 6.83. The Morgan fingerprint density at radius 1 is 1.00 bits per heavy atom. The highest BCUT2D eigenvalue weighted by molar-refractivity contribution is 6.36. The van der Waals surface area contributed by atoms with Crippen LogP contribution in [0.5, 0.6) is 0 Å². The van der Waals surface area contributed by atoms with Gasteiger partial charge in [-0.05, 0) is 49.0 Å². The molecule has 3 N–H and O–H groups in total. The predicted molar refractivity (Wildman–Crippen MR) is 134 cm³/mol. The van der Waals surface area contributed by atoms with Crippen LogP contribution in [-0.2, 0) is 12.6 Å². The summed E-state index contributed by atoms with van der Waals surface area (Å²) >= 11 is 12.7. The molecule has 0 bridgehead atoms. The van der Waals surface area contributed by atoms with E-state index in [1.54, 1.807) is 18.2 Å². The first kappa shape index (κ1) is 24.6. The molecule has 1 saturated heterocycles. The van der Waals surface area contributed by atoms with Gasteiger partial charge in [0.2, 0.25) is 5.82 Å². The highest BCUT2D eigenvalue weighted by Gasteiger charge is 2.30. The molecule has 2 aromatic carbocycles. The van der Waals surface area contributed by atoms with Crippen molar-refractivity contribution in [3.63, 3.8) is 0 Å². The van der Waals surface area contributed by atoms with Crippen LogP contribution in [0.4, 0.5) is 30.6 Å². The van der Waals surface area contributed by atoms with Gasteiger partial charge in [0.25, 0.3) is 5.65 Å². The Morgan fingerprint density at radius 3 is 2.31 bits per heavy atom. The van der Waals surface area contributed by atoms with Crippen molar-refractivity contribution < 1.29 is 18.2 Å². The van der Waals surface area contributed by atoms with Gasteiger partial charge in [-0.25, -0.2) is 4.98 Å². The number of likely N-dealkylation sites (N-methyl/N-ethyl adjacent to an activating group) is 1. The summed E-state index contributed by atoms with van der Waals surface area (Å²) in [5.41, 5.74) is 1.64. The number of alkyl halides is 3. The zero-order chi connectivity index (χ0) is 25.4. The summed E-state index contributed by atoms with van der Waals surface area (Å²) < 4.78 is 39.0. The number of hydrogen-bond donors (Lipinski definition) is 2. The molecule has 7 nitrogen and oxygen atoms in total. The fourth-order valence-corrected chi connectivity index (χ4v) is 4.60. The fourth-order valence-electron chi connectivity index (χ4n) is 4.07. The van der Waals surface area contributed by atoms with Crippen LogP contribution >= 0.6 is 23.2 Å². The molecule has 0 atom stereocenters. The Morgan fingerprint density at radius 2 is 1.67 bits per heavy atom. The van der Waals surface area contributed by atoms with E-state index in [0.29, 0.717) is 50.9 Å². The van der Waals surface area contributed by atoms with Crippen molar-refractivity contribution in [1.29, 1.82) is 0 Å². The Hall–Kier alpha value is -3.08. The van der Waals surface area contributed by atoms with E-state index in [4.69, 9.17) is 33.2 Å². The number of H-pyrrole nitrogens is 2. The lowest BCUT2D eigenvalue weighted by Gasteiger charge is -2.29. The quantitative estimate of drug-likeness (QED) is 0.367. The summed E-state index contributed by atoms with van der Waals surface area (Å²) in [6, 6.07) is 10.1. The van der Waals surface area contributed by atoms with E-state index < -0.39 is 11.7 Å². The Bertz CT molecular complexity index is 1360. The third kappa shape index (κ3) is 5.21. The van der Waals surface area contributed by atoms with Gasteiger partial charge in [0.15, 0.2) is 11.3 Å². The largest absolute Gasteiger partial charge is 0.416 e. The molecule has 1 aliphatic heterocycles. The van der Waals surface area contributed by atoms with Crippen LogP contribution in [0.15, 0.2) is 42.5 Å². The summed E-state index contributed by atoms with van der Waals surface area (Å²) in [4.78, 5) is 20.4. The van der Waals surface area contributed by atoms with E-state index in [0.717, 1.165) is 43.9 Å². The lowest BCUT2D eigenvalue weighted by atomic mass is 10.1. The van der Waals surface area contributed by atoms with E-state index >= 15 is 0 Å². The number of anilines is 3. The monoisotopic (exact) mass is 536 g/mol. The van der Waals surface area contributed by atoms with Crippen molar-refractivity contribution in [2.75, 3.05) is 43.4 Å². The molecule has 188 valence electrons. The van der Waals surface area contributed by atoms with Gasteiger partial charge in [0, 0.05) is 35.2 Å². The predicted octanol–water partition coefficient (Wildman–Crippen LogP) is 5.18. The van der Waals surface area contributed by atoms with Crippen molar-refractivity contribution in [3.8, 4) is 0 Å². The highest BCUT2D eigenvalue weighted by Crippen LogP contribution is 2.32. The van der Waals surface area contributed by atoms with Gasteiger partial charge < -0.3 is 15.2 Å². The van der Waals surface area contributed by atoms with E-state index in [2.05, 4.69) is 32.1 Å². The molecule has 0 amide bonds. The number of hydrogen-bond acceptors (Lipinski definition) is 5. The Kier molecular flexibility index (Phi) is 6.67. The maximum absolute atomic E-state index is 13.0. The van der Waals surface area contributed by atoms with Crippen molar-refractivity contribution >= 4 is 51.8 Å². The number of piperazine rings is 1. The number of nitrogens with zero attached hydrogens (tertiary/aromatic N) is 4. The van der Waals surface area contributed by atoms with Crippen LogP contribution in [0.25, 0.3) is 11.2 Å². The number of nitrogens with one attached hydrogen (secondary N) is 3. The molecule has 36 heavy (non-hydrogen) atoms. The standard InChI is InChI=1S/C24H22Cl2F3N7/c1-35-9-11-36(12-10-35)23-33-21(30-15-7-5-14(6-8-15)24(27,28)29)20-22(34-23)32-19(31-20)13-16-17(25)3-2-4-18(16)26/h2-8H,9-13H2,1H3,(H2,30,31,32,33,34)/p+1. The molecule has 1 fully saturated rings. The van der Waals surface area contributed by atoms with Crippen LogP contribution in [0.3, 0.4) is 0 Å². The zero-order valence-electron chi connectivity index (χ0n) is 19.3. The summed E-state index contributed by atoms with van der Waals surface area (Å²) in [6.45, 7) is 3.31. The molecule has 4 aromatic rings.